The van der Waals surface area contributed by atoms with Crippen LogP contribution in [-0.4, -0.2) is 11.7 Å². The van der Waals surface area contributed by atoms with Gasteiger partial charge in [0, 0.05) is 16.9 Å². The van der Waals surface area contributed by atoms with Crippen LogP contribution in [0.3, 0.4) is 0 Å². The average molecular weight is 331 g/mol. The summed E-state index contributed by atoms with van der Waals surface area (Å²) >= 11 is 6.94. The van der Waals surface area contributed by atoms with E-state index in [0.29, 0.717) is 0 Å². The van der Waals surface area contributed by atoms with Gasteiger partial charge in [-0.2, -0.15) is 0 Å². The fourth-order valence-electron chi connectivity index (χ4n) is 1.44. The summed E-state index contributed by atoms with van der Waals surface area (Å²) in [5, 5.41) is 0. The van der Waals surface area contributed by atoms with Crippen LogP contribution in [0.4, 0.5) is 0 Å². The van der Waals surface area contributed by atoms with E-state index in [1.165, 1.54) is 0 Å². The third kappa shape index (κ3) is 2.11. The van der Waals surface area contributed by atoms with Crippen LogP contribution in [0.25, 0.3) is 5.69 Å². The van der Waals surface area contributed by atoms with E-state index in [2.05, 4.69) is 31.9 Å². The molecule has 1 heterocycles. The number of ether oxygens (including phenoxy) is 1. The van der Waals surface area contributed by atoms with Crippen molar-refractivity contribution in [3.8, 4) is 11.4 Å². The van der Waals surface area contributed by atoms with Gasteiger partial charge in [0.2, 0.25) is 0 Å². The van der Waals surface area contributed by atoms with Gasteiger partial charge in [0.25, 0.3) is 0 Å². The lowest BCUT2D eigenvalue weighted by atomic mass is 10.3. The normalized spacial score (nSPS) is 10.3. The zero-order valence-corrected chi connectivity index (χ0v) is 11.2. The van der Waals surface area contributed by atoms with E-state index < -0.39 is 0 Å². The minimum absolute atomic E-state index is 0.828. The van der Waals surface area contributed by atoms with E-state index in [4.69, 9.17) is 4.74 Å². The molecule has 1 aromatic carbocycles. The van der Waals surface area contributed by atoms with Crippen LogP contribution < -0.4 is 4.74 Å². The summed E-state index contributed by atoms with van der Waals surface area (Å²) in [6.07, 6.45) is 3.97. The molecule has 0 bridgehead atoms. The van der Waals surface area contributed by atoms with Gasteiger partial charge in [-0.3, -0.25) is 0 Å². The molecule has 15 heavy (non-hydrogen) atoms. The van der Waals surface area contributed by atoms with Gasteiger partial charge in [0.1, 0.15) is 0 Å². The lowest BCUT2D eigenvalue weighted by molar-refractivity contribution is 0.410. The highest BCUT2D eigenvalue weighted by molar-refractivity contribution is 9.11. The highest BCUT2D eigenvalue weighted by atomic mass is 79.9. The second-order valence-corrected chi connectivity index (χ2v) is 4.80. The summed E-state index contributed by atoms with van der Waals surface area (Å²) in [4.78, 5) is 0. The van der Waals surface area contributed by atoms with Gasteiger partial charge in [-0.25, -0.2) is 0 Å². The maximum absolute atomic E-state index is 5.37. The van der Waals surface area contributed by atoms with Crippen LogP contribution in [-0.2, 0) is 0 Å². The first-order chi connectivity index (χ1) is 7.22. The van der Waals surface area contributed by atoms with Crippen LogP contribution in [0.2, 0.25) is 0 Å². The minimum atomic E-state index is 0.828. The van der Waals surface area contributed by atoms with Crippen molar-refractivity contribution in [3.63, 3.8) is 0 Å². The number of hydrogen-bond acceptors (Lipinski definition) is 1. The largest absolute Gasteiger partial charge is 0.493 e. The molecule has 0 N–H and O–H groups in total. The Hall–Kier alpha value is -0.740. The molecule has 0 amide bonds. The summed E-state index contributed by atoms with van der Waals surface area (Å²) in [5.41, 5.74) is 1.00. The molecule has 4 heteroatoms. The SMILES string of the molecule is COc1c(Br)cc(Br)cc1-n1cccc1. The number of aromatic nitrogens is 1. The zero-order chi connectivity index (χ0) is 10.8. The monoisotopic (exact) mass is 329 g/mol. The average Bonchev–Trinajstić information content (AvgIpc) is 2.69. The van der Waals surface area contributed by atoms with Gasteiger partial charge in [0.15, 0.2) is 5.75 Å². The number of hydrogen-bond donors (Lipinski definition) is 0. The highest BCUT2D eigenvalue weighted by Gasteiger charge is 2.09. The molecule has 1 aromatic heterocycles. The van der Waals surface area contributed by atoms with Gasteiger partial charge in [-0.05, 0) is 40.2 Å². The molecule has 2 nitrogen and oxygen atoms in total. The summed E-state index contributed by atoms with van der Waals surface area (Å²) in [5.74, 6) is 0.828. The smallest absolute Gasteiger partial charge is 0.157 e. The van der Waals surface area contributed by atoms with Gasteiger partial charge in [-0.15, -0.1) is 0 Å². The predicted octanol–water partition coefficient (Wildman–Crippen LogP) is 4.01. The van der Waals surface area contributed by atoms with Crippen LogP contribution in [0.15, 0.2) is 45.6 Å². The molecule has 0 aliphatic rings. The highest BCUT2D eigenvalue weighted by Crippen LogP contribution is 2.34. The summed E-state index contributed by atoms with van der Waals surface area (Å²) < 4.78 is 9.32. The molecule has 0 radical (unpaired) electrons. The Morgan fingerprint density at radius 3 is 2.40 bits per heavy atom. The number of rotatable bonds is 2. The Bertz CT molecular complexity index is 466. The molecule has 0 saturated heterocycles. The van der Waals surface area contributed by atoms with Gasteiger partial charge < -0.3 is 9.30 Å². The third-order valence-electron chi connectivity index (χ3n) is 2.08. The zero-order valence-electron chi connectivity index (χ0n) is 8.08. The summed E-state index contributed by atoms with van der Waals surface area (Å²) in [6.45, 7) is 0. The molecular weight excluding hydrogens is 322 g/mol. The van der Waals surface area contributed by atoms with E-state index in [1.54, 1.807) is 7.11 Å². The molecule has 0 spiro atoms. The lowest BCUT2D eigenvalue weighted by Crippen LogP contribution is -1.96. The standard InChI is InChI=1S/C11H9Br2NO/c1-15-11-9(13)6-8(12)7-10(11)14-4-2-3-5-14/h2-7H,1H3. The first-order valence-electron chi connectivity index (χ1n) is 4.39. The van der Waals surface area contributed by atoms with Gasteiger partial charge in [-0.1, -0.05) is 15.9 Å². The minimum Gasteiger partial charge on any atom is -0.493 e. The van der Waals surface area contributed by atoms with E-state index in [0.717, 1.165) is 20.4 Å². The number of halogens is 2. The molecule has 0 unspecified atom stereocenters. The Morgan fingerprint density at radius 1 is 1.13 bits per heavy atom. The van der Waals surface area contributed by atoms with Crippen molar-refractivity contribution in [2.75, 3.05) is 7.11 Å². The van der Waals surface area contributed by atoms with E-state index in [9.17, 15) is 0 Å². The lowest BCUT2D eigenvalue weighted by Gasteiger charge is -2.12. The van der Waals surface area contributed by atoms with Crippen LogP contribution >= 0.6 is 31.9 Å². The molecule has 0 aliphatic heterocycles. The van der Waals surface area contributed by atoms with Crippen molar-refractivity contribution >= 4 is 31.9 Å². The maximum Gasteiger partial charge on any atom is 0.157 e. The van der Waals surface area contributed by atoms with Crippen LogP contribution in [0, 0.1) is 0 Å². The fraction of sp³-hybridized carbons (Fsp3) is 0.0909. The van der Waals surface area contributed by atoms with Gasteiger partial charge in [0.05, 0.1) is 17.3 Å². The van der Waals surface area contributed by atoms with Gasteiger partial charge >= 0.3 is 0 Å². The first-order valence-corrected chi connectivity index (χ1v) is 5.97. The molecule has 0 saturated carbocycles. The van der Waals surface area contributed by atoms with Crippen LogP contribution in [0.5, 0.6) is 5.75 Å². The Morgan fingerprint density at radius 2 is 1.80 bits per heavy atom. The molecule has 2 aromatic rings. The van der Waals surface area contributed by atoms with E-state index in [1.807, 2.05) is 41.2 Å². The second-order valence-electron chi connectivity index (χ2n) is 3.03. The molecule has 78 valence electrons. The molecule has 0 atom stereocenters. The van der Waals surface area contributed by atoms with E-state index >= 15 is 0 Å². The van der Waals surface area contributed by atoms with Crippen molar-refractivity contribution in [3.05, 3.63) is 45.6 Å². The predicted molar refractivity (Wildman–Crippen MR) is 67.7 cm³/mol. The molecular formula is C11H9Br2NO. The molecule has 0 aliphatic carbocycles. The fourth-order valence-corrected chi connectivity index (χ4v) is 2.80. The van der Waals surface area contributed by atoms with Crippen molar-refractivity contribution < 1.29 is 4.74 Å². The Kier molecular flexibility index (Phi) is 3.17. The number of nitrogens with zero attached hydrogens (tertiary/aromatic N) is 1. The molecule has 2 rings (SSSR count). The third-order valence-corrected chi connectivity index (χ3v) is 3.12. The van der Waals surface area contributed by atoms with Crippen molar-refractivity contribution in [1.82, 2.24) is 4.57 Å². The summed E-state index contributed by atoms with van der Waals surface area (Å²) in [6, 6.07) is 7.94. The molecule has 0 fully saturated rings. The van der Waals surface area contributed by atoms with Crippen molar-refractivity contribution in [2.24, 2.45) is 0 Å². The van der Waals surface area contributed by atoms with Crippen LogP contribution in [0.1, 0.15) is 0 Å². The van der Waals surface area contributed by atoms with Crippen molar-refractivity contribution in [2.45, 2.75) is 0 Å². The number of methoxy groups -OCH3 is 1. The Labute approximate surface area is 105 Å². The topological polar surface area (TPSA) is 14.2 Å². The first kappa shape index (κ1) is 10.8. The maximum atomic E-state index is 5.37. The number of benzene rings is 1. The van der Waals surface area contributed by atoms with Crippen molar-refractivity contribution in [1.29, 1.82) is 0 Å². The summed E-state index contributed by atoms with van der Waals surface area (Å²) in [7, 11) is 1.67. The van der Waals surface area contributed by atoms with E-state index in [-0.39, 0.29) is 0 Å². The second kappa shape index (κ2) is 4.41. The Balaban J connectivity index is 2.64. The quantitative estimate of drug-likeness (QED) is 0.811.